The first kappa shape index (κ1) is 25.7. The maximum atomic E-state index is 13.5. The van der Waals surface area contributed by atoms with Crippen molar-refractivity contribution in [3.05, 3.63) is 82.1 Å². The summed E-state index contributed by atoms with van der Waals surface area (Å²) in [4.78, 5) is 40.1. The highest BCUT2D eigenvalue weighted by Gasteiger charge is 2.22. The molecule has 0 bridgehead atoms. The predicted octanol–water partition coefficient (Wildman–Crippen LogP) is 3.67. The van der Waals surface area contributed by atoms with Crippen LogP contribution in [0.15, 0.2) is 65.6 Å². The van der Waals surface area contributed by atoms with Gasteiger partial charge in [-0.2, -0.15) is 0 Å². The second-order valence-corrected chi connectivity index (χ2v) is 8.72. The number of carbonyl (C=O) groups is 2. The molecule has 5 rings (SSSR count). The van der Waals surface area contributed by atoms with Gasteiger partial charge in [-0.1, -0.05) is 0 Å². The van der Waals surface area contributed by atoms with Crippen molar-refractivity contribution >= 4 is 28.3 Å². The second kappa shape index (κ2) is 10.8. The SMILES string of the molecule is COc1ccc(C(=O)c2cn(CC(=O)Nc3cc(OC)cc(OC)c3)c3cc4c(cc3c2=O)OCCO4)cc1. The van der Waals surface area contributed by atoms with E-state index < -0.39 is 17.1 Å². The molecule has 0 saturated carbocycles. The number of nitrogens with zero attached hydrogens (tertiary/aromatic N) is 1. The van der Waals surface area contributed by atoms with Gasteiger partial charge in [0.1, 0.15) is 37.0 Å². The summed E-state index contributed by atoms with van der Waals surface area (Å²) in [6, 6.07) is 14.7. The molecule has 39 heavy (non-hydrogen) atoms. The Bertz CT molecular complexity index is 1600. The zero-order chi connectivity index (χ0) is 27.5. The maximum Gasteiger partial charge on any atom is 0.244 e. The molecule has 0 radical (unpaired) electrons. The lowest BCUT2D eigenvalue weighted by Gasteiger charge is -2.20. The first-order chi connectivity index (χ1) is 18.9. The fraction of sp³-hybridized carbons (Fsp3) is 0.207. The van der Waals surface area contributed by atoms with Gasteiger partial charge in [0.15, 0.2) is 17.3 Å². The zero-order valence-electron chi connectivity index (χ0n) is 21.6. The van der Waals surface area contributed by atoms with Gasteiger partial charge in [0, 0.05) is 41.7 Å². The van der Waals surface area contributed by atoms with Gasteiger partial charge in [0.25, 0.3) is 0 Å². The van der Waals surface area contributed by atoms with Gasteiger partial charge in [-0.05, 0) is 30.3 Å². The summed E-state index contributed by atoms with van der Waals surface area (Å²) in [6.45, 7) is 0.497. The van der Waals surface area contributed by atoms with Crippen molar-refractivity contribution in [2.75, 3.05) is 39.9 Å². The Labute approximate surface area is 223 Å². The summed E-state index contributed by atoms with van der Waals surface area (Å²) in [7, 11) is 4.55. The van der Waals surface area contributed by atoms with Gasteiger partial charge in [-0.15, -0.1) is 0 Å². The van der Waals surface area contributed by atoms with E-state index in [1.54, 1.807) is 59.2 Å². The summed E-state index contributed by atoms with van der Waals surface area (Å²) >= 11 is 0. The fourth-order valence-electron chi connectivity index (χ4n) is 4.35. The van der Waals surface area contributed by atoms with E-state index in [9.17, 15) is 14.4 Å². The number of amides is 1. The third-order valence-corrected chi connectivity index (χ3v) is 6.29. The van der Waals surface area contributed by atoms with E-state index >= 15 is 0 Å². The normalized spacial score (nSPS) is 12.1. The van der Waals surface area contributed by atoms with Crippen molar-refractivity contribution in [1.29, 1.82) is 0 Å². The van der Waals surface area contributed by atoms with Crippen molar-refractivity contribution in [1.82, 2.24) is 4.57 Å². The third kappa shape index (κ3) is 5.22. The Hall–Kier alpha value is -4.99. The number of aromatic nitrogens is 1. The molecule has 10 nitrogen and oxygen atoms in total. The molecule has 10 heteroatoms. The first-order valence-electron chi connectivity index (χ1n) is 12.1. The number of ketones is 1. The van der Waals surface area contributed by atoms with Gasteiger partial charge in [-0.25, -0.2) is 0 Å². The van der Waals surface area contributed by atoms with Crippen molar-refractivity contribution in [3.8, 4) is 28.7 Å². The number of methoxy groups -OCH3 is 3. The van der Waals surface area contributed by atoms with Crippen LogP contribution in [0.5, 0.6) is 28.7 Å². The van der Waals surface area contributed by atoms with Gasteiger partial charge >= 0.3 is 0 Å². The van der Waals surface area contributed by atoms with Gasteiger partial charge in [-0.3, -0.25) is 14.4 Å². The molecule has 1 amide bonds. The minimum atomic E-state index is -0.480. The number of ether oxygens (including phenoxy) is 5. The second-order valence-electron chi connectivity index (χ2n) is 8.72. The number of anilines is 1. The number of hydrogen-bond acceptors (Lipinski definition) is 8. The fourth-order valence-corrected chi connectivity index (χ4v) is 4.35. The number of pyridine rings is 1. The summed E-state index contributed by atoms with van der Waals surface area (Å²) in [5.74, 6) is 1.58. The molecule has 0 atom stereocenters. The van der Waals surface area contributed by atoms with Gasteiger partial charge < -0.3 is 33.6 Å². The van der Waals surface area contributed by atoms with Crippen LogP contribution in [0.1, 0.15) is 15.9 Å². The van der Waals surface area contributed by atoms with E-state index in [1.165, 1.54) is 27.5 Å². The highest BCUT2D eigenvalue weighted by molar-refractivity contribution is 6.10. The zero-order valence-corrected chi connectivity index (χ0v) is 21.6. The molecule has 1 aliphatic heterocycles. The van der Waals surface area contributed by atoms with Crippen LogP contribution in [-0.4, -0.2) is 50.8 Å². The highest BCUT2D eigenvalue weighted by atomic mass is 16.6. The smallest absolute Gasteiger partial charge is 0.244 e. The lowest BCUT2D eigenvalue weighted by molar-refractivity contribution is -0.116. The van der Waals surface area contributed by atoms with Crippen molar-refractivity contribution in [3.63, 3.8) is 0 Å². The lowest BCUT2D eigenvalue weighted by Crippen LogP contribution is -2.25. The topological polar surface area (TPSA) is 114 Å². The molecule has 0 spiro atoms. The van der Waals surface area contributed by atoms with Crippen LogP contribution in [0.25, 0.3) is 10.9 Å². The number of fused-ring (bicyclic) bond motifs is 2. The molecule has 1 aromatic heterocycles. The van der Waals surface area contributed by atoms with Crippen LogP contribution in [0, 0.1) is 0 Å². The largest absolute Gasteiger partial charge is 0.497 e. The summed E-state index contributed by atoms with van der Waals surface area (Å²) in [6.07, 6.45) is 1.40. The number of benzene rings is 3. The Balaban J connectivity index is 1.57. The Morgan fingerprint density at radius 2 is 1.46 bits per heavy atom. The summed E-state index contributed by atoms with van der Waals surface area (Å²) in [5, 5.41) is 3.05. The van der Waals surface area contributed by atoms with Crippen LogP contribution in [0.3, 0.4) is 0 Å². The minimum Gasteiger partial charge on any atom is -0.497 e. The summed E-state index contributed by atoms with van der Waals surface area (Å²) in [5.41, 5.74) is 0.639. The van der Waals surface area contributed by atoms with Crippen molar-refractivity contribution in [2.45, 2.75) is 6.54 Å². The number of nitrogens with one attached hydrogen (secondary N) is 1. The number of carbonyl (C=O) groups excluding carboxylic acids is 2. The monoisotopic (exact) mass is 530 g/mol. The molecule has 0 unspecified atom stereocenters. The van der Waals surface area contributed by atoms with E-state index in [1.807, 2.05) is 0 Å². The Morgan fingerprint density at radius 3 is 2.08 bits per heavy atom. The lowest BCUT2D eigenvalue weighted by atomic mass is 10.0. The van der Waals surface area contributed by atoms with Crippen molar-refractivity contribution in [2.24, 2.45) is 0 Å². The summed E-state index contributed by atoms with van der Waals surface area (Å²) < 4.78 is 28.6. The highest BCUT2D eigenvalue weighted by Crippen LogP contribution is 2.34. The van der Waals surface area contributed by atoms with Crippen LogP contribution < -0.4 is 34.4 Å². The quantitative estimate of drug-likeness (QED) is 0.343. The molecule has 1 aliphatic rings. The maximum absolute atomic E-state index is 13.5. The molecule has 0 fully saturated rings. The van der Waals surface area contributed by atoms with E-state index in [-0.39, 0.29) is 17.5 Å². The van der Waals surface area contributed by atoms with Crippen LogP contribution >= 0.6 is 0 Å². The number of hydrogen-bond donors (Lipinski definition) is 1. The van der Waals surface area contributed by atoms with Crippen LogP contribution in [0.4, 0.5) is 5.69 Å². The molecular weight excluding hydrogens is 504 g/mol. The molecule has 3 aromatic carbocycles. The van der Waals surface area contributed by atoms with Gasteiger partial charge in [0.2, 0.25) is 11.3 Å². The Morgan fingerprint density at radius 1 is 0.846 bits per heavy atom. The number of rotatable bonds is 8. The average Bonchev–Trinajstić information content (AvgIpc) is 2.97. The average molecular weight is 531 g/mol. The standard InChI is InChI=1S/C29H26N2O8/c1-35-19-6-4-17(5-7-19)28(33)23-15-31(16-27(32)30-18-10-20(36-2)12-21(11-18)37-3)24-14-26-25(38-8-9-39-26)13-22(24)29(23)34/h4-7,10-15H,8-9,16H2,1-3H3,(H,30,32). The predicted molar refractivity (Wildman–Crippen MR) is 144 cm³/mol. The molecule has 2 heterocycles. The Kier molecular flexibility index (Phi) is 7.09. The molecule has 0 saturated heterocycles. The van der Waals surface area contributed by atoms with E-state index in [4.69, 9.17) is 23.7 Å². The molecular formula is C29H26N2O8. The molecule has 4 aromatic rings. The first-order valence-corrected chi connectivity index (χ1v) is 12.1. The van der Waals surface area contributed by atoms with E-state index in [2.05, 4.69) is 5.32 Å². The minimum absolute atomic E-state index is 0.0832. The molecule has 1 N–H and O–H groups in total. The molecule has 0 aliphatic carbocycles. The van der Waals surface area contributed by atoms with E-state index in [0.717, 1.165) is 0 Å². The third-order valence-electron chi connectivity index (χ3n) is 6.29. The van der Waals surface area contributed by atoms with Gasteiger partial charge in [0.05, 0.1) is 37.8 Å². The van der Waals surface area contributed by atoms with Crippen molar-refractivity contribution < 1.29 is 33.3 Å². The van der Waals surface area contributed by atoms with Crippen LogP contribution in [0.2, 0.25) is 0 Å². The van der Waals surface area contributed by atoms with Crippen LogP contribution in [-0.2, 0) is 11.3 Å². The molecule has 200 valence electrons. The van der Waals surface area contributed by atoms with E-state index in [0.29, 0.717) is 58.7 Å².